The zero-order chi connectivity index (χ0) is 93.4. The number of hydrogen-bond acceptors (Lipinski definition) is 23. The molecule has 126 heavy (non-hydrogen) atoms. The van der Waals surface area contributed by atoms with E-state index in [9.17, 15) is 68.4 Å². The average Bonchev–Trinajstić information content (AvgIpc) is 0.764. The Balaban J connectivity index is 0.000000216. The summed E-state index contributed by atoms with van der Waals surface area (Å²) in [6.45, 7) is 9.60. The largest absolute Gasteiger partial charge is 0.497 e. The molecule has 0 atom stereocenters. The van der Waals surface area contributed by atoms with Gasteiger partial charge in [-0.25, -0.2) is 68.4 Å². The minimum atomic E-state index is -4.84. The first-order chi connectivity index (χ1) is 59.3. The maximum Gasteiger partial charge on any atom is 0.368 e. The number of halogens is 6. The van der Waals surface area contributed by atoms with Gasteiger partial charge in [-0.3, -0.25) is 0 Å². The number of fused-ring (bicyclic) bond motifs is 1. The van der Waals surface area contributed by atoms with E-state index < -0.39 is 138 Å². The molecule has 0 fully saturated rings. The second-order valence-corrected chi connectivity index (χ2v) is 54.9. The second-order valence-electron chi connectivity index (χ2n) is 28.6. The summed E-state index contributed by atoms with van der Waals surface area (Å²) in [7, 11) is -12.0. The van der Waals surface area contributed by atoms with Gasteiger partial charge in [0.1, 0.15) is 22.2 Å². The molecule has 0 radical (unpaired) electrons. The monoisotopic (exact) mass is 1930 g/mol. The fraction of sp³-hybridized carbons (Fsp3) is 0.264. The molecule has 23 nitrogen and oxygen atoms in total. The molecule has 680 valence electrons. The SMILES string of the molecule is COCOc1ccc(S(=O)(=O)Cc2ccc([Si](C)(OC)OC)cc2)cc1.CO[Si](C)(OC)c1ccc(CS(=O)(=O)c2c(F)c(F)c(F)c(F)c2F)cc1.CO[Si](C)(OC)c1ccc(CS(=O)(=O)c2ccc(F)cc2)cc1.CO[Si](C)(OC)c1ccc(CS(=O)(=O)c2ccc3ccccc3c2)cc1.COc1ccc(S(=O)(=O)Cc2ccc([Si](C)(OC)OC)cc2)cc1. The van der Waals surface area contributed by atoms with E-state index in [1.165, 1.54) is 69.9 Å². The molecule has 0 bridgehead atoms. The second kappa shape index (κ2) is 45.5. The molecule has 39 heteroatoms. The highest BCUT2D eigenvalue weighted by atomic mass is 32.2. The number of sulfone groups is 5. The summed E-state index contributed by atoms with van der Waals surface area (Å²) in [5.41, 5.74) is 2.91. The predicted octanol–water partition coefficient (Wildman–Crippen LogP) is 13.1. The van der Waals surface area contributed by atoms with Gasteiger partial charge in [-0.15, -0.1) is 0 Å². The summed E-state index contributed by atoms with van der Waals surface area (Å²) in [6, 6.07) is 65.6. The van der Waals surface area contributed by atoms with Crippen molar-refractivity contribution < 1.29 is 127 Å². The molecule has 11 rings (SSSR count). The van der Waals surface area contributed by atoms with Crippen LogP contribution >= 0.6 is 0 Å². The van der Waals surface area contributed by atoms with Crippen molar-refractivity contribution in [1.82, 2.24) is 0 Å². The maximum absolute atomic E-state index is 13.8. The minimum Gasteiger partial charge on any atom is -0.497 e. The van der Waals surface area contributed by atoms with Gasteiger partial charge in [0.15, 0.2) is 79.2 Å². The third-order valence-electron chi connectivity index (χ3n) is 20.7. The van der Waals surface area contributed by atoms with Gasteiger partial charge in [0.2, 0.25) is 5.82 Å². The lowest BCUT2D eigenvalue weighted by Gasteiger charge is -2.23. The van der Waals surface area contributed by atoms with E-state index in [0.29, 0.717) is 32.7 Å². The fourth-order valence-electron chi connectivity index (χ4n) is 12.1. The molecular formula is C87H102F6O23S5Si5. The molecule has 11 aromatic carbocycles. The van der Waals surface area contributed by atoms with E-state index in [-0.39, 0.29) is 50.1 Å². The van der Waals surface area contributed by atoms with Crippen LogP contribution in [0.15, 0.2) is 261 Å². The Morgan fingerprint density at radius 3 is 0.762 bits per heavy atom. The number of hydrogen-bond donors (Lipinski definition) is 0. The molecule has 0 aliphatic heterocycles. The van der Waals surface area contributed by atoms with E-state index in [1.54, 1.807) is 155 Å². The van der Waals surface area contributed by atoms with Crippen molar-refractivity contribution in [3.63, 3.8) is 0 Å². The first kappa shape index (κ1) is 104. The van der Waals surface area contributed by atoms with E-state index in [4.69, 9.17) is 58.5 Å². The molecule has 0 aromatic heterocycles. The molecule has 0 heterocycles. The van der Waals surface area contributed by atoms with Gasteiger partial charge in [-0.1, -0.05) is 152 Å². The Morgan fingerprint density at radius 2 is 0.492 bits per heavy atom. The third-order valence-corrected chi connectivity index (χ3v) is 43.9. The predicted molar refractivity (Wildman–Crippen MR) is 482 cm³/mol. The third kappa shape index (κ3) is 27.0. The standard InChI is InChI=1S/C20H22O4SSi.C18H24O6SSi.C17H22O5SSi.C16H15F5O4SSi.C16H19FO4SSi/c1-23-26(3,24-2)20-12-8-16(9-13-20)15-25(21,22)19-11-10-17-6-4-5-7-18(17)14-19;1-21-14-24-16-7-9-17(10-8-16)25(19,20)13-15-5-11-18(12-6-15)26(4,22-2)23-3;1-20-15-7-9-16(10-8-15)23(18,19)13-14-5-11-17(12-6-14)24(4,21-2)22-3;1-24-27(3,25-2)10-6-4-9(5-7-10)8-26(22,23)16-14(20)12(18)11(17)13(19)15(16)21;1-20-23(3,21-2)16-10-4-13(5-11-16)12-22(18,19)15-8-6-14(17)7-9-15/h4-14H,15H2,1-3H3;5-12H,13-14H2,1-4H3;5-12H,13H2,1-4H3;4-7H,8H2,1-3H3;4-11H,12H2,1-3H3. The maximum atomic E-state index is 13.8. The molecule has 0 amide bonds. The van der Waals surface area contributed by atoms with E-state index in [2.05, 4.69) is 0 Å². The van der Waals surface area contributed by atoms with Crippen molar-refractivity contribution in [2.45, 2.75) is 86.0 Å². The number of methoxy groups -OCH3 is 2. The first-order valence-electron chi connectivity index (χ1n) is 38.1. The van der Waals surface area contributed by atoms with Gasteiger partial charge in [0.05, 0.1) is 55.5 Å². The minimum absolute atomic E-state index is 0.0378. The van der Waals surface area contributed by atoms with Crippen LogP contribution in [0.4, 0.5) is 26.3 Å². The van der Waals surface area contributed by atoms with Gasteiger partial charge >= 0.3 is 42.8 Å². The topological polar surface area (TPSA) is 291 Å². The summed E-state index contributed by atoms with van der Waals surface area (Å²) < 4.78 is 275. The fourth-order valence-corrected chi connectivity index (χ4v) is 26.1. The van der Waals surface area contributed by atoms with E-state index in [0.717, 1.165) is 54.8 Å². The van der Waals surface area contributed by atoms with Crippen LogP contribution in [0.3, 0.4) is 0 Å². The highest BCUT2D eigenvalue weighted by Gasteiger charge is 2.38. The lowest BCUT2D eigenvalue weighted by molar-refractivity contribution is 0.0511. The number of benzene rings is 11. The van der Waals surface area contributed by atoms with E-state index in [1.807, 2.05) is 117 Å². The Hall–Kier alpha value is -8.75. The van der Waals surface area contributed by atoms with E-state index >= 15 is 0 Å². The Bertz CT molecular complexity index is 5980. The Morgan fingerprint density at radius 1 is 0.254 bits per heavy atom. The van der Waals surface area contributed by atoms with Crippen molar-refractivity contribution in [2.75, 3.05) is 92.1 Å². The molecule has 0 aliphatic carbocycles. The Kier molecular flexibility index (Phi) is 37.7. The van der Waals surface area contributed by atoms with Crippen LogP contribution < -0.4 is 35.4 Å². The molecular weight excluding hydrogens is 1830 g/mol. The summed E-state index contributed by atoms with van der Waals surface area (Å²) in [5, 5.41) is 6.40. The van der Waals surface area contributed by atoms with Crippen LogP contribution in [-0.2, 0) is 127 Å². The molecule has 0 unspecified atom stereocenters. The van der Waals surface area contributed by atoms with Crippen molar-refractivity contribution in [1.29, 1.82) is 0 Å². The summed E-state index contributed by atoms with van der Waals surface area (Å²) in [5.74, 6) is -12.4. The van der Waals surface area contributed by atoms with Crippen LogP contribution in [-0.4, -0.2) is 177 Å². The van der Waals surface area contributed by atoms with Gasteiger partial charge in [0, 0.05) is 78.2 Å². The van der Waals surface area contributed by atoms with Crippen LogP contribution in [0, 0.1) is 34.9 Å². The zero-order valence-corrected chi connectivity index (χ0v) is 81.5. The quantitative estimate of drug-likeness (QED) is 0.00904. The smallest absolute Gasteiger partial charge is 0.368 e. The number of rotatable bonds is 34. The molecule has 0 spiro atoms. The van der Waals surface area contributed by atoms with Crippen molar-refractivity contribution in [3.05, 3.63) is 299 Å². The van der Waals surface area contributed by atoms with Gasteiger partial charge < -0.3 is 58.5 Å². The van der Waals surface area contributed by atoms with Crippen LogP contribution in [0.5, 0.6) is 11.5 Å². The van der Waals surface area contributed by atoms with Crippen molar-refractivity contribution >= 4 is 129 Å². The van der Waals surface area contributed by atoms with Gasteiger partial charge in [-0.2, -0.15) is 0 Å². The summed E-state index contributed by atoms with van der Waals surface area (Å²) in [6.07, 6.45) is 0. The number of ether oxygens (including phenoxy) is 3. The van der Waals surface area contributed by atoms with Crippen molar-refractivity contribution in [3.8, 4) is 11.5 Å². The van der Waals surface area contributed by atoms with Crippen LogP contribution in [0.25, 0.3) is 10.8 Å². The molecule has 0 N–H and O–H groups in total. The molecule has 0 saturated heterocycles. The molecule has 0 saturated carbocycles. The normalized spacial score (nSPS) is 12.3. The average molecular weight is 1930 g/mol. The zero-order valence-electron chi connectivity index (χ0n) is 72.5. The lowest BCUT2D eigenvalue weighted by atomic mass is 10.1. The van der Waals surface area contributed by atoms with Crippen LogP contribution in [0.1, 0.15) is 27.8 Å². The van der Waals surface area contributed by atoms with Crippen molar-refractivity contribution in [2.24, 2.45) is 0 Å². The van der Waals surface area contributed by atoms with Gasteiger partial charge in [-0.05, 0) is 182 Å². The summed E-state index contributed by atoms with van der Waals surface area (Å²) >= 11 is 0. The van der Waals surface area contributed by atoms with Crippen LogP contribution in [0.2, 0.25) is 32.7 Å². The lowest BCUT2D eigenvalue weighted by Crippen LogP contribution is -2.49. The first-order valence-corrected chi connectivity index (χ1v) is 57.9. The van der Waals surface area contributed by atoms with Gasteiger partial charge in [0.25, 0.3) is 0 Å². The summed E-state index contributed by atoms with van der Waals surface area (Å²) in [4.78, 5) is -0.875. The highest BCUT2D eigenvalue weighted by molar-refractivity contribution is 7.91. The molecule has 0 aliphatic rings. The highest BCUT2D eigenvalue weighted by Crippen LogP contribution is 2.31. The Labute approximate surface area is 739 Å². The molecule has 11 aromatic rings.